The number of hydrogen-bond donors (Lipinski definition) is 2. The summed E-state index contributed by atoms with van der Waals surface area (Å²) in [6.07, 6.45) is 3.75. The van der Waals surface area contributed by atoms with Crippen molar-refractivity contribution in [3.8, 4) is 0 Å². The lowest BCUT2D eigenvalue weighted by molar-refractivity contribution is -0.122. The van der Waals surface area contributed by atoms with E-state index in [1.807, 2.05) is 6.20 Å². The van der Waals surface area contributed by atoms with Crippen LogP contribution in [0.2, 0.25) is 0 Å². The van der Waals surface area contributed by atoms with E-state index in [0.717, 1.165) is 10.1 Å². The summed E-state index contributed by atoms with van der Waals surface area (Å²) < 4.78 is 1.02. The molecule has 0 aliphatic carbocycles. The first-order valence-corrected chi connectivity index (χ1v) is 4.65. The van der Waals surface area contributed by atoms with Crippen LogP contribution in [0.25, 0.3) is 11.0 Å². The highest BCUT2D eigenvalue weighted by molar-refractivity contribution is 9.10. The Morgan fingerprint density at radius 3 is 2.93 bits per heavy atom. The van der Waals surface area contributed by atoms with Crippen LogP contribution in [-0.4, -0.2) is 21.5 Å². The number of aromatic nitrogens is 2. The van der Waals surface area contributed by atoms with Gasteiger partial charge < -0.3 is 10.1 Å². The normalized spacial score (nSPS) is 9.29. The molecule has 74 valence electrons. The first-order chi connectivity index (χ1) is 6.69. The zero-order valence-corrected chi connectivity index (χ0v) is 9.08. The van der Waals surface area contributed by atoms with Gasteiger partial charge >= 0.3 is 0 Å². The van der Waals surface area contributed by atoms with Gasteiger partial charge in [0.15, 0.2) is 0 Å². The molecular weight excluding hydrogens is 248 g/mol. The van der Waals surface area contributed by atoms with Gasteiger partial charge in [0.05, 0.1) is 0 Å². The lowest BCUT2D eigenvalue weighted by atomic mass is 10.2. The Labute approximate surface area is 89.1 Å². The number of halogens is 1. The minimum Gasteiger partial charge on any atom is -0.483 e. The van der Waals surface area contributed by atoms with E-state index in [-0.39, 0.29) is 6.47 Å². The van der Waals surface area contributed by atoms with Crippen LogP contribution in [0.1, 0.15) is 5.56 Å². The number of aryl methyl sites for hydroxylation is 1. The molecule has 0 radical (unpaired) electrons. The SMILES string of the molecule is Cc1c[nH]c2ncc(Br)cc12.O=CO. The largest absolute Gasteiger partial charge is 0.483 e. The second-order valence-corrected chi connectivity index (χ2v) is 3.54. The number of nitrogens with one attached hydrogen (secondary N) is 1. The summed E-state index contributed by atoms with van der Waals surface area (Å²) >= 11 is 3.37. The fraction of sp³-hybridized carbons (Fsp3) is 0.111. The predicted molar refractivity (Wildman–Crippen MR) is 57.2 cm³/mol. The predicted octanol–water partition coefficient (Wildman–Crippen LogP) is 2.33. The van der Waals surface area contributed by atoms with Crippen molar-refractivity contribution in [1.82, 2.24) is 9.97 Å². The molecule has 4 nitrogen and oxygen atoms in total. The first-order valence-electron chi connectivity index (χ1n) is 3.86. The van der Waals surface area contributed by atoms with Crippen LogP contribution >= 0.6 is 15.9 Å². The van der Waals surface area contributed by atoms with Crippen molar-refractivity contribution in [2.75, 3.05) is 0 Å². The van der Waals surface area contributed by atoms with Crippen molar-refractivity contribution in [3.63, 3.8) is 0 Å². The fourth-order valence-electron chi connectivity index (χ4n) is 1.11. The van der Waals surface area contributed by atoms with Crippen LogP contribution in [0.4, 0.5) is 0 Å². The number of nitrogens with zero attached hydrogens (tertiary/aromatic N) is 1. The smallest absolute Gasteiger partial charge is 0.290 e. The Morgan fingerprint density at radius 1 is 1.64 bits per heavy atom. The number of aromatic amines is 1. The molecule has 0 aliphatic rings. The quantitative estimate of drug-likeness (QED) is 0.712. The van der Waals surface area contributed by atoms with Gasteiger partial charge in [0, 0.05) is 22.3 Å². The van der Waals surface area contributed by atoms with Gasteiger partial charge in [-0.25, -0.2) is 4.98 Å². The molecule has 0 bridgehead atoms. The fourth-order valence-corrected chi connectivity index (χ4v) is 1.44. The van der Waals surface area contributed by atoms with Gasteiger partial charge in [-0.3, -0.25) is 4.79 Å². The van der Waals surface area contributed by atoms with Gasteiger partial charge in [-0.2, -0.15) is 0 Å². The summed E-state index contributed by atoms with van der Waals surface area (Å²) in [6, 6.07) is 2.06. The average molecular weight is 257 g/mol. The first kappa shape index (κ1) is 10.7. The molecule has 2 N–H and O–H groups in total. The summed E-state index contributed by atoms with van der Waals surface area (Å²) in [7, 11) is 0. The molecule has 0 fully saturated rings. The number of H-pyrrole nitrogens is 1. The van der Waals surface area contributed by atoms with Crippen molar-refractivity contribution >= 4 is 33.4 Å². The van der Waals surface area contributed by atoms with E-state index in [1.165, 1.54) is 10.9 Å². The summed E-state index contributed by atoms with van der Waals surface area (Å²) in [5, 5.41) is 8.07. The van der Waals surface area contributed by atoms with Gasteiger partial charge in [-0.05, 0) is 34.5 Å². The number of carboxylic acid groups (broad SMARTS) is 1. The maximum absolute atomic E-state index is 8.36. The molecule has 0 aromatic carbocycles. The van der Waals surface area contributed by atoms with Crippen LogP contribution in [-0.2, 0) is 4.79 Å². The van der Waals surface area contributed by atoms with Gasteiger partial charge in [-0.15, -0.1) is 0 Å². The summed E-state index contributed by atoms with van der Waals surface area (Å²) in [5.41, 5.74) is 2.18. The molecule has 5 heteroatoms. The second-order valence-electron chi connectivity index (χ2n) is 2.63. The highest BCUT2D eigenvalue weighted by Gasteiger charge is 1.99. The van der Waals surface area contributed by atoms with Crippen molar-refractivity contribution in [3.05, 3.63) is 28.5 Å². The molecular formula is C9H9BrN2O2. The molecule has 2 rings (SSSR count). The standard InChI is InChI=1S/C8H7BrN2.CH2O2/c1-5-3-10-8-7(5)2-6(9)4-11-8;2-1-3/h2-4H,1H3,(H,10,11);1H,(H,2,3). The van der Waals surface area contributed by atoms with E-state index in [9.17, 15) is 0 Å². The van der Waals surface area contributed by atoms with E-state index in [0.29, 0.717) is 0 Å². The summed E-state index contributed by atoms with van der Waals surface area (Å²) in [6.45, 7) is 1.81. The Kier molecular flexibility index (Phi) is 3.64. The van der Waals surface area contributed by atoms with E-state index >= 15 is 0 Å². The van der Waals surface area contributed by atoms with Crippen LogP contribution in [0.3, 0.4) is 0 Å². The van der Waals surface area contributed by atoms with E-state index in [2.05, 4.69) is 38.9 Å². The molecule has 2 heterocycles. The van der Waals surface area contributed by atoms with E-state index in [1.54, 1.807) is 6.20 Å². The van der Waals surface area contributed by atoms with Crippen LogP contribution in [0, 0.1) is 6.92 Å². The second kappa shape index (κ2) is 4.76. The minimum absolute atomic E-state index is 0.250. The van der Waals surface area contributed by atoms with Gasteiger partial charge in [-0.1, -0.05) is 0 Å². The number of pyridine rings is 1. The third-order valence-corrected chi connectivity index (χ3v) is 2.14. The van der Waals surface area contributed by atoms with Crippen molar-refractivity contribution in [2.45, 2.75) is 6.92 Å². The van der Waals surface area contributed by atoms with Gasteiger partial charge in [0.1, 0.15) is 5.65 Å². The van der Waals surface area contributed by atoms with Crippen molar-refractivity contribution < 1.29 is 9.90 Å². The monoisotopic (exact) mass is 256 g/mol. The Hall–Kier alpha value is -1.36. The summed E-state index contributed by atoms with van der Waals surface area (Å²) in [4.78, 5) is 15.6. The molecule has 0 unspecified atom stereocenters. The highest BCUT2D eigenvalue weighted by atomic mass is 79.9. The molecule has 0 amide bonds. The third kappa shape index (κ3) is 2.32. The number of hydrogen-bond acceptors (Lipinski definition) is 2. The van der Waals surface area contributed by atoms with E-state index < -0.39 is 0 Å². The zero-order valence-electron chi connectivity index (χ0n) is 7.49. The Bertz CT molecular complexity index is 439. The summed E-state index contributed by atoms with van der Waals surface area (Å²) in [5.74, 6) is 0. The maximum Gasteiger partial charge on any atom is 0.290 e. The average Bonchev–Trinajstić information content (AvgIpc) is 2.49. The zero-order chi connectivity index (χ0) is 10.6. The molecule has 0 saturated carbocycles. The minimum atomic E-state index is -0.250. The number of rotatable bonds is 0. The molecule has 0 aliphatic heterocycles. The molecule has 14 heavy (non-hydrogen) atoms. The highest BCUT2D eigenvalue weighted by Crippen LogP contribution is 2.19. The molecule has 2 aromatic rings. The Morgan fingerprint density at radius 2 is 2.29 bits per heavy atom. The Balaban J connectivity index is 0.000000293. The van der Waals surface area contributed by atoms with Crippen LogP contribution in [0.5, 0.6) is 0 Å². The van der Waals surface area contributed by atoms with Gasteiger partial charge in [0.2, 0.25) is 0 Å². The molecule has 0 atom stereocenters. The lowest BCUT2D eigenvalue weighted by Gasteiger charge is -1.90. The topological polar surface area (TPSA) is 66.0 Å². The maximum atomic E-state index is 8.36. The number of fused-ring (bicyclic) bond motifs is 1. The van der Waals surface area contributed by atoms with Crippen LogP contribution < -0.4 is 0 Å². The van der Waals surface area contributed by atoms with Crippen LogP contribution in [0.15, 0.2) is 22.9 Å². The third-order valence-electron chi connectivity index (χ3n) is 1.70. The van der Waals surface area contributed by atoms with Crippen molar-refractivity contribution in [2.24, 2.45) is 0 Å². The lowest BCUT2D eigenvalue weighted by Crippen LogP contribution is -1.75. The van der Waals surface area contributed by atoms with E-state index in [4.69, 9.17) is 9.90 Å². The van der Waals surface area contributed by atoms with Crippen molar-refractivity contribution in [1.29, 1.82) is 0 Å². The number of carbonyl (C=O) groups is 1. The molecule has 2 aromatic heterocycles. The molecule has 0 spiro atoms. The van der Waals surface area contributed by atoms with Gasteiger partial charge in [0.25, 0.3) is 6.47 Å². The molecule has 0 saturated heterocycles.